The van der Waals surface area contributed by atoms with Crippen LogP contribution in [0.15, 0.2) is 48.0 Å². The Morgan fingerprint density at radius 2 is 1.86 bits per heavy atom. The average molecular weight is 492 g/mol. The number of carbonyl (C=O) groups excluding carboxylic acids is 2. The number of aliphatic hydroxyl groups is 1. The number of Topliss-reactive ketones (excluding diaryl/α,β-unsaturated/α-hetero) is 1. The second-order valence-electron chi connectivity index (χ2n) is 10.9. The zero-order chi connectivity index (χ0) is 26.0. The summed E-state index contributed by atoms with van der Waals surface area (Å²) in [5, 5.41) is 11.4. The highest BCUT2D eigenvalue weighted by atomic mass is 16.5. The van der Waals surface area contributed by atoms with Gasteiger partial charge in [0.1, 0.15) is 11.5 Å². The van der Waals surface area contributed by atoms with Gasteiger partial charge in [-0.15, -0.1) is 0 Å². The summed E-state index contributed by atoms with van der Waals surface area (Å²) in [6, 6.07) is 12.8. The van der Waals surface area contributed by atoms with Crippen molar-refractivity contribution < 1.29 is 24.2 Å². The van der Waals surface area contributed by atoms with Gasteiger partial charge in [-0.05, 0) is 73.4 Å². The van der Waals surface area contributed by atoms with Crippen LogP contribution in [0.25, 0.3) is 5.76 Å². The van der Waals surface area contributed by atoms with Gasteiger partial charge in [-0.3, -0.25) is 9.59 Å². The maximum absolute atomic E-state index is 13.3. The van der Waals surface area contributed by atoms with E-state index in [9.17, 15) is 14.7 Å². The van der Waals surface area contributed by atoms with E-state index < -0.39 is 17.7 Å². The van der Waals surface area contributed by atoms with Gasteiger partial charge in [0.2, 0.25) is 0 Å². The van der Waals surface area contributed by atoms with E-state index in [4.69, 9.17) is 9.47 Å². The minimum absolute atomic E-state index is 0.0280. The first-order valence-corrected chi connectivity index (χ1v) is 12.8. The Bertz CT molecular complexity index is 1160. The first-order chi connectivity index (χ1) is 17.1. The topological polar surface area (TPSA) is 76.1 Å². The molecular weight excluding hydrogens is 454 g/mol. The zero-order valence-electron chi connectivity index (χ0n) is 22.0. The summed E-state index contributed by atoms with van der Waals surface area (Å²) in [5.74, 6) is -0.589. The molecule has 6 heteroatoms. The molecule has 192 valence electrons. The molecule has 0 radical (unpaired) electrons. The molecule has 1 unspecified atom stereocenters. The van der Waals surface area contributed by atoms with Gasteiger partial charge in [-0.25, -0.2) is 0 Å². The third-order valence-electron chi connectivity index (χ3n) is 6.81. The van der Waals surface area contributed by atoms with Crippen molar-refractivity contribution in [3.05, 3.63) is 70.3 Å². The van der Waals surface area contributed by atoms with Crippen LogP contribution in [0.2, 0.25) is 0 Å². The summed E-state index contributed by atoms with van der Waals surface area (Å²) in [4.78, 5) is 28.1. The van der Waals surface area contributed by atoms with Crippen LogP contribution in [-0.2, 0) is 26.2 Å². The summed E-state index contributed by atoms with van der Waals surface area (Å²) in [5.41, 5.74) is 3.58. The summed E-state index contributed by atoms with van der Waals surface area (Å²) in [7, 11) is 0. The van der Waals surface area contributed by atoms with Crippen molar-refractivity contribution >= 4 is 17.4 Å². The van der Waals surface area contributed by atoms with Gasteiger partial charge < -0.3 is 19.5 Å². The number of carbonyl (C=O) groups is 2. The number of ketones is 1. The van der Waals surface area contributed by atoms with Gasteiger partial charge in [0.15, 0.2) is 0 Å². The predicted molar refractivity (Wildman–Crippen MR) is 140 cm³/mol. The quantitative estimate of drug-likeness (QED) is 0.238. The lowest BCUT2D eigenvalue weighted by atomic mass is 9.85. The molecule has 0 saturated carbocycles. The SMILES string of the molecule is CC(C)OCCCN1C(=O)C(=O)/C(=C(\O)c2ccc3c(c2)CCCO3)C1c1ccc(C(C)(C)C)cc1. The molecule has 1 amide bonds. The molecule has 0 aliphatic carbocycles. The predicted octanol–water partition coefficient (Wildman–Crippen LogP) is 5.55. The molecule has 2 aliphatic heterocycles. The summed E-state index contributed by atoms with van der Waals surface area (Å²) in [6.45, 7) is 11.9. The Hall–Kier alpha value is -3.12. The molecule has 2 heterocycles. The maximum Gasteiger partial charge on any atom is 0.295 e. The minimum Gasteiger partial charge on any atom is -0.507 e. The van der Waals surface area contributed by atoms with Gasteiger partial charge in [-0.1, -0.05) is 45.0 Å². The number of benzene rings is 2. The fourth-order valence-electron chi connectivity index (χ4n) is 4.84. The number of ether oxygens (including phenoxy) is 2. The monoisotopic (exact) mass is 491 g/mol. The number of fused-ring (bicyclic) bond motifs is 1. The highest BCUT2D eigenvalue weighted by molar-refractivity contribution is 6.46. The van der Waals surface area contributed by atoms with Crippen molar-refractivity contribution in [2.75, 3.05) is 19.8 Å². The molecule has 1 atom stereocenters. The molecule has 4 rings (SSSR count). The highest BCUT2D eigenvalue weighted by Gasteiger charge is 2.45. The Kier molecular flexibility index (Phi) is 7.55. The first kappa shape index (κ1) is 26.0. The minimum atomic E-state index is -0.662. The molecule has 0 spiro atoms. The van der Waals surface area contributed by atoms with E-state index in [-0.39, 0.29) is 22.9 Å². The van der Waals surface area contributed by atoms with Crippen LogP contribution in [-0.4, -0.2) is 47.6 Å². The van der Waals surface area contributed by atoms with Crippen molar-refractivity contribution in [3.63, 3.8) is 0 Å². The van der Waals surface area contributed by atoms with Gasteiger partial charge in [0.25, 0.3) is 11.7 Å². The molecule has 2 aliphatic rings. The Morgan fingerprint density at radius 3 is 2.53 bits per heavy atom. The number of hydrogen-bond acceptors (Lipinski definition) is 5. The molecule has 0 bridgehead atoms. The third kappa shape index (κ3) is 5.34. The molecule has 2 aromatic rings. The van der Waals surface area contributed by atoms with Crippen LogP contribution < -0.4 is 4.74 Å². The fourth-order valence-corrected chi connectivity index (χ4v) is 4.84. The van der Waals surface area contributed by atoms with E-state index in [0.29, 0.717) is 31.7 Å². The standard InChI is InChI=1S/C30H37NO5/c1-19(2)35-17-7-15-31-26(20-9-12-23(13-10-20)30(3,4)5)25(28(33)29(31)34)27(32)22-11-14-24-21(18-22)8-6-16-36-24/h9-14,18-19,26,32H,6-8,15-17H2,1-5H3/b27-25-. The number of aliphatic hydroxyl groups excluding tert-OH is 1. The van der Waals surface area contributed by atoms with Crippen molar-refractivity contribution in [1.29, 1.82) is 0 Å². The van der Waals surface area contributed by atoms with E-state index in [2.05, 4.69) is 20.8 Å². The fraction of sp³-hybridized carbons (Fsp3) is 0.467. The van der Waals surface area contributed by atoms with Crippen molar-refractivity contribution in [2.24, 2.45) is 0 Å². The van der Waals surface area contributed by atoms with Crippen LogP contribution in [0, 0.1) is 0 Å². The number of aryl methyl sites for hydroxylation is 1. The molecular formula is C30H37NO5. The molecule has 1 N–H and O–H groups in total. The lowest BCUT2D eigenvalue weighted by Gasteiger charge is -2.27. The smallest absolute Gasteiger partial charge is 0.295 e. The van der Waals surface area contributed by atoms with E-state index in [0.717, 1.165) is 35.3 Å². The number of nitrogens with zero attached hydrogens (tertiary/aromatic N) is 1. The average Bonchev–Trinajstić information content (AvgIpc) is 3.10. The van der Waals surface area contributed by atoms with Crippen molar-refractivity contribution in [2.45, 2.75) is 71.4 Å². The number of likely N-dealkylation sites (tertiary alicyclic amines) is 1. The summed E-state index contributed by atoms with van der Waals surface area (Å²) < 4.78 is 11.4. The number of amides is 1. The zero-order valence-corrected chi connectivity index (χ0v) is 22.0. The summed E-state index contributed by atoms with van der Waals surface area (Å²) >= 11 is 0. The molecule has 2 aromatic carbocycles. The van der Waals surface area contributed by atoms with Crippen LogP contribution >= 0.6 is 0 Å². The van der Waals surface area contributed by atoms with E-state index in [1.54, 1.807) is 11.0 Å². The van der Waals surface area contributed by atoms with Crippen LogP contribution in [0.1, 0.15) is 75.8 Å². The number of rotatable bonds is 7. The third-order valence-corrected chi connectivity index (χ3v) is 6.81. The van der Waals surface area contributed by atoms with Crippen LogP contribution in [0.4, 0.5) is 0 Å². The Balaban J connectivity index is 1.75. The maximum atomic E-state index is 13.3. The normalized spacial score (nSPS) is 19.5. The van der Waals surface area contributed by atoms with Gasteiger partial charge in [0.05, 0.1) is 24.3 Å². The van der Waals surface area contributed by atoms with Gasteiger partial charge >= 0.3 is 0 Å². The van der Waals surface area contributed by atoms with Crippen LogP contribution in [0.3, 0.4) is 0 Å². The molecule has 1 saturated heterocycles. The first-order valence-electron chi connectivity index (χ1n) is 12.8. The van der Waals surface area contributed by atoms with Crippen LogP contribution in [0.5, 0.6) is 5.75 Å². The number of hydrogen-bond donors (Lipinski definition) is 1. The molecule has 6 nitrogen and oxygen atoms in total. The second-order valence-corrected chi connectivity index (χ2v) is 10.9. The Labute approximate surface area is 213 Å². The molecule has 0 aromatic heterocycles. The van der Waals surface area contributed by atoms with Gasteiger partial charge in [-0.2, -0.15) is 0 Å². The van der Waals surface area contributed by atoms with E-state index >= 15 is 0 Å². The largest absolute Gasteiger partial charge is 0.507 e. The molecule has 1 fully saturated rings. The lowest BCUT2D eigenvalue weighted by Crippen LogP contribution is -2.31. The lowest BCUT2D eigenvalue weighted by molar-refractivity contribution is -0.140. The van der Waals surface area contributed by atoms with E-state index in [1.165, 1.54) is 0 Å². The summed E-state index contributed by atoms with van der Waals surface area (Å²) in [6.07, 6.45) is 2.44. The van der Waals surface area contributed by atoms with Crippen molar-refractivity contribution in [1.82, 2.24) is 4.90 Å². The van der Waals surface area contributed by atoms with Crippen molar-refractivity contribution in [3.8, 4) is 5.75 Å². The highest BCUT2D eigenvalue weighted by Crippen LogP contribution is 2.40. The Morgan fingerprint density at radius 1 is 1.14 bits per heavy atom. The second kappa shape index (κ2) is 10.5. The van der Waals surface area contributed by atoms with E-state index in [1.807, 2.05) is 50.2 Å². The van der Waals surface area contributed by atoms with Gasteiger partial charge in [0, 0.05) is 18.7 Å². The molecule has 36 heavy (non-hydrogen) atoms.